The molecule has 0 amide bonds. The highest BCUT2D eigenvalue weighted by Gasteiger charge is 2.19. The molecular formula is C14H16N4. The number of fused-ring (bicyclic) bond motifs is 1. The van der Waals surface area contributed by atoms with Crippen molar-refractivity contribution < 1.29 is 0 Å². The maximum atomic E-state index is 4.54. The van der Waals surface area contributed by atoms with Crippen molar-refractivity contribution in [2.24, 2.45) is 0 Å². The van der Waals surface area contributed by atoms with Gasteiger partial charge in [-0.2, -0.15) is 0 Å². The molecule has 3 rings (SSSR count). The predicted octanol–water partition coefficient (Wildman–Crippen LogP) is 2.66. The van der Waals surface area contributed by atoms with Crippen LogP contribution in [0, 0.1) is 13.8 Å². The number of hydrogen-bond donors (Lipinski definition) is 1. The zero-order valence-corrected chi connectivity index (χ0v) is 10.6. The second kappa shape index (κ2) is 4.29. The molecule has 1 aliphatic heterocycles. The first-order valence-electron chi connectivity index (χ1n) is 6.17. The molecule has 2 heterocycles. The molecule has 4 nitrogen and oxygen atoms in total. The zero-order chi connectivity index (χ0) is 12.5. The van der Waals surface area contributed by atoms with Crippen molar-refractivity contribution >= 4 is 17.3 Å². The van der Waals surface area contributed by atoms with Gasteiger partial charge >= 0.3 is 0 Å². The second-order valence-electron chi connectivity index (χ2n) is 4.55. The summed E-state index contributed by atoms with van der Waals surface area (Å²) in [5, 5.41) is 3.39. The number of aryl methyl sites for hydroxylation is 2. The first-order chi connectivity index (χ1) is 8.74. The molecule has 92 valence electrons. The van der Waals surface area contributed by atoms with Gasteiger partial charge in [-0.25, -0.2) is 9.97 Å². The molecule has 0 spiro atoms. The van der Waals surface area contributed by atoms with Gasteiger partial charge in [0.15, 0.2) is 0 Å². The molecule has 1 aromatic heterocycles. The van der Waals surface area contributed by atoms with Gasteiger partial charge in [0.2, 0.25) is 5.95 Å². The van der Waals surface area contributed by atoms with Crippen molar-refractivity contribution in [1.82, 2.24) is 9.97 Å². The Labute approximate surface area is 107 Å². The van der Waals surface area contributed by atoms with E-state index in [0.717, 1.165) is 41.8 Å². The SMILES string of the molecule is Cc1cc(C)nc(N2CCNc3ccccc32)n1. The van der Waals surface area contributed by atoms with Crippen LogP contribution in [-0.4, -0.2) is 23.1 Å². The Kier molecular flexibility index (Phi) is 2.63. The smallest absolute Gasteiger partial charge is 0.230 e. The van der Waals surface area contributed by atoms with Crippen LogP contribution in [0.5, 0.6) is 0 Å². The summed E-state index contributed by atoms with van der Waals surface area (Å²) >= 11 is 0. The average Bonchev–Trinajstić information content (AvgIpc) is 2.37. The van der Waals surface area contributed by atoms with E-state index in [4.69, 9.17) is 0 Å². The lowest BCUT2D eigenvalue weighted by atomic mass is 10.2. The van der Waals surface area contributed by atoms with Crippen molar-refractivity contribution in [1.29, 1.82) is 0 Å². The molecule has 1 aliphatic rings. The van der Waals surface area contributed by atoms with Crippen molar-refractivity contribution in [3.8, 4) is 0 Å². The maximum Gasteiger partial charge on any atom is 0.230 e. The molecule has 18 heavy (non-hydrogen) atoms. The molecule has 0 aliphatic carbocycles. The van der Waals surface area contributed by atoms with Crippen molar-refractivity contribution in [2.45, 2.75) is 13.8 Å². The van der Waals surface area contributed by atoms with Crippen molar-refractivity contribution in [3.63, 3.8) is 0 Å². The largest absolute Gasteiger partial charge is 0.382 e. The number of aromatic nitrogens is 2. The normalized spacial score (nSPS) is 14.0. The first-order valence-corrected chi connectivity index (χ1v) is 6.17. The van der Waals surface area contributed by atoms with Crippen LogP contribution in [0.3, 0.4) is 0 Å². The van der Waals surface area contributed by atoms with Crippen LogP contribution in [0.2, 0.25) is 0 Å². The van der Waals surface area contributed by atoms with Crippen LogP contribution in [0.1, 0.15) is 11.4 Å². The van der Waals surface area contributed by atoms with E-state index in [1.807, 2.05) is 32.0 Å². The molecule has 0 bridgehead atoms. The number of hydrogen-bond acceptors (Lipinski definition) is 4. The van der Waals surface area contributed by atoms with Crippen LogP contribution < -0.4 is 10.2 Å². The lowest BCUT2D eigenvalue weighted by molar-refractivity contribution is 0.869. The van der Waals surface area contributed by atoms with Gasteiger partial charge in [-0.05, 0) is 32.0 Å². The lowest BCUT2D eigenvalue weighted by Crippen LogP contribution is -2.31. The van der Waals surface area contributed by atoms with Gasteiger partial charge in [-0.3, -0.25) is 0 Å². The number of para-hydroxylation sites is 2. The molecular weight excluding hydrogens is 224 g/mol. The quantitative estimate of drug-likeness (QED) is 0.832. The van der Waals surface area contributed by atoms with E-state index in [2.05, 4.69) is 32.3 Å². The minimum absolute atomic E-state index is 0.793. The third-order valence-corrected chi connectivity index (χ3v) is 3.06. The molecule has 0 unspecified atom stereocenters. The second-order valence-corrected chi connectivity index (χ2v) is 4.55. The first kappa shape index (κ1) is 11.0. The Morgan fingerprint density at radius 3 is 2.61 bits per heavy atom. The molecule has 0 saturated carbocycles. The van der Waals surface area contributed by atoms with Crippen LogP contribution >= 0.6 is 0 Å². The number of nitrogens with one attached hydrogen (secondary N) is 1. The minimum Gasteiger partial charge on any atom is -0.382 e. The van der Waals surface area contributed by atoms with E-state index in [1.54, 1.807) is 0 Å². The molecule has 0 saturated heterocycles. The highest BCUT2D eigenvalue weighted by molar-refractivity contribution is 5.76. The van der Waals surface area contributed by atoms with Gasteiger partial charge in [0.1, 0.15) is 0 Å². The number of anilines is 3. The summed E-state index contributed by atoms with van der Waals surface area (Å²) in [5.74, 6) is 0.793. The minimum atomic E-state index is 0.793. The van der Waals surface area contributed by atoms with E-state index in [9.17, 15) is 0 Å². The van der Waals surface area contributed by atoms with Crippen LogP contribution in [-0.2, 0) is 0 Å². The van der Waals surface area contributed by atoms with E-state index >= 15 is 0 Å². The van der Waals surface area contributed by atoms with Gasteiger partial charge in [-0.1, -0.05) is 12.1 Å². The van der Waals surface area contributed by atoms with Gasteiger partial charge < -0.3 is 10.2 Å². The van der Waals surface area contributed by atoms with Gasteiger partial charge in [0.05, 0.1) is 11.4 Å². The third-order valence-electron chi connectivity index (χ3n) is 3.06. The fraction of sp³-hybridized carbons (Fsp3) is 0.286. The van der Waals surface area contributed by atoms with Crippen LogP contribution in [0.15, 0.2) is 30.3 Å². The molecule has 2 aromatic rings. The van der Waals surface area contributed by atoms with Crippen molar-refractivity contribution in [2.75, 3.05) is 23.3 Å². The Hall–Kier alpha value is -2.10. The molecule has 1 N–H and O–H groups in total. The number of nitrogens with zero attached hydrogens (tertiary/aromatic N) is 3. The fourth-order valence-corrected chi connectivity index (χ4v) is 2.32. The summed E-state index contributed by atoms with van der Waals surface area (Å²) < 4.78 is 0. The summed E-state index contributed by atoms with van der Waals surface area (Å²) in [6.45, 7) is 5.81. The molecule has 0 atom stereocenters. The predicted molar refractivity (Wildman–Crippen MR) is 73.4 cm³/mol. The topological polar surface area (TPSA) is 41.1 Å². The monoisotopic (exact) mass is 240 g/mol. The van der Waals surface area contributed by atoms with Gasteiger partial charge in [0, 0.05) is 24.5 Å². The number of benzene rings is 1. The van der Waals surface area contributed by atoms with E-state index in [0.29, 0.717) is 0 Å². The van der Waals surface area contributed by atoms with E-state index in [1.165, 1.54) is 0 Å². The fourth-order valence-electron chi connectivity index (χ4n) is 2.32. The summed E-state index contributed by atoms with van der Waals surface area (Å²) in [4.78, 5) is 11.3. The Morgan fingerprint density at radius 1 is 1.11 bits per heavy atom. The maximum absolute atomic E-state index is 4.54. The Morgan fingerprint density at radius 2 is 1.83 bits per heavy atom. The molecule has 4 heteroatoms. The Balaban J connectivity index is 2.08. The van der Waals surface area contributed by atoms with E-state index in [-0.39, 0.29) is 0 Å². The van der Waals surface area contributed by atoms with Crippen molar-refractivity contribution in [3.05, 3.63) is 41.7 Å². The summed E-state index contributed by atoms with van der Waals surface area (Å²) in [6.07, 6.45) is 0. The Bertz CT molecular complexity index is 560. The van der Waals surface area contributed by atoms with Gasteiger partial charge in [-0.15, -0.1) is 0 Å². The highest BCUT2D eigenvalue weighted by atomic mass is 15.3. The summed E-state index contributed by atoms with van der Waals surface area (Å²) in [5.41, 5.74) is 4.31. The molecule has 0 fully saturated rings. The zero-order valence-electron chi connectivity index (χ0n) is 10.6. The standard InChI is InChI=1S/C14H16N4/c1-10-9-11(2)17-14(16-10)18-8-7-15-12-5-3-4-6-13(12)18/h3-6,9,15H,7-8H2,1-2H3. The van der Waals surface area contributed by atoms with Gasteiger partial charge in [0.25, 0.3) is 0 Å². The summed E-state index contributed by atoms with van der Waals surface area (Å²) in [6, 6.07) is 10.3. The summed E-state index contributed by atoms with van der Waals surface area (Å²) in [7, 11) is 0. The lowest BCUT2D eigenvalue weighted by Gasteiger charge is -2.30. The molecule has 1 aromatic carbocycles. The highest BCUT2D eigenvalue weighted by Crippen LogP contribution is 2.32. The van der Waals surface area contributed by atoms with Crippen LogP contribution in [0.4, 0.5) is 17.3 Å². The third kappa shape index (κ3) is 1.90. The average molecular weight is 240 g/mol. The molecule has 0 radical (unpaired) electrons. The van der Waals surface area contributed by atoms with E-state index < -0.39 is 0 Å². The number of rotatable bonds is 1. The van der Waals surface area contributed by atoms with Crippen LogP contribution in [0.25, 0.3) is 0 Å².